The standard InChI is InChI=1S/C30H32FO2S/c1-30(2,25-19-27-23-14-9-15-24(23)29(25)32-27)33-28-18-22(16-17-26(28)31)34(20-10-5-3-6-11-20)21-12-7-4-8-13-21/h3-8,10-13,16-18,23-25,27,29H,9,14-15,19H2,1-2H3/q+1. The average molecular weight is 476 g/mol. The van der Waals surface area contributed by atoms with Crippen molar-refractivity contribution in [3.05, 3.63) is 84.7 Å². The van der Waals surface area contributed by atoms with Crippen molar-refractivity contribution in [2.24, 2.45) is 17.8 Å². The van der Waals surface area contributed by atoms with E-state index < -0.39 is 5.60 Å². The van der Waals surface area contributed by atoms with E-state index in [-0.39, 0.29) is 22.8 Å². The van der Waals surface area contributed by atoms with E-state index in [2.05, 4.69) is 62.4 Å². The Morgan fingerprint density at radius 3 is 2.18 bits per heavy atom. The molecule has 1 saturated carbocycles. The average Bonchev–Trinajstić information content (AvgIpc) is 3.57. The fourth-order valence-corrected chi connectivity index (χ4v) is 8.65. The number of benzene rings is 3. The van der Waals surface area contributed by atoms with Gasteiger partial charge in [0, 0.05) is 12.0 Å². The summed E-state index contributed by atoms with van der Waals surface area (Å²) < 4.78 is 28.0. The molecule has 176 valence electrons. The predicted octanol–water partition coefficient (Wildman–Crippen LogP) is 7.28. The quantitative estimate of drug-likeness (QED) is 0.349. The second-order valence-electron chi connectivity index (χ2n) is 10.5. The van der Waals surface area contributed by atoms with Gasteiger partial charge in [-0.1, -0.05) is 42.8 Å². The molecule has 5 atom stereocenters. The third-order valence-electron chi connectivity index (χ3n) is 8.10. The summed E-state index contributed by atoms with van der Waals surface area (Å²) in [5, 5.41) is 0. The van der Waals surface area contributed by atoms with Crippen molar-refractivity contribution < 1.29 is 13.9 Å². The van der Waals surface area contributed by atoms with Gasteiger partial charge in [-0.15, -0.1) is 0 Å². The predicted molar refractivity (Wildman–Crippen MR) is 134 cm³/mol. The van der Waals surface area contributed by atoms with E-state index in [1.165, 1.54) is 29.1 Å². The van der Waals surface area contributed by atoms with Crippen LogP contribution in [0, 0.1) is 23.6 Å². The molecule has 2 heterocycles. The number of rotatable bonds is 6. The maximum atomic E-state index is 15.1. The van der Waals surface area contributed by atoms with Gasteiger partial charge in [-0.05, 0) is 81.3 Å². The van der Waals surface area contributed by atoms with Crippen molar-refractivity contribution in [1.82, 2.24) is 0 Å². The highest BCUT2D eigenvalue weighted by Crippen LogP contribution is 2.56. The summed E-state index contributed by atoms with van der Waals surface area (Å²) in [5.74, 6) is 1.73. The molecule has 2 bridgehead atoms. The van der Waals surface area contributed by atoms with Crippen LogP contribution in [0.1, 0.15) is 39.5 Å². The zero-order valence-corrected chi connectivity index (χ0v) is 20.6. The van der Waals surface area contributed by atoms with Crippen LogP contribution in [0.3, 0.4) is 0 Å². The molecule has 0 N–H and O–H groups in total. The number of hydrogen-bond acceptors (Lipinski definition) is 2. The second-order valence-corrected chi connectivity index (χ2v) is 12.5. The molecule has 2 saturated heterocycles. The van der Waals surface area contributed by atoms with Crippen LogP contribution in [0.4, 0.5) is 4.39 Å². The SMILES string of the molecule is CC(C)(Oc1cc([S+](c2ccccc2)c2ccccc2)ccc1F)C1CC2OC1C1CCCC21. The van der Waals surface area contributed by atoms with E-state index in [4.69, 9.17) is 9.47 Å². The van der Waals surface area contributed by atoms with Crippen LogP contribution >= 0.6 is 0 Å². The third kappa shape index (κ3) is 3.85. The second kappa shape index (κ2) is 8.73. The molecule has 34 heavy (non-hydrogen) atoms. The summed E-state index contributed by atoms with van der Waals surface area (Å²) in [6.07, 6.45) is 5.53. The minimum absolute atomic E-state index is 0.252. The largest absolute Gasteiger partial charge is 0.484 e. The normalized spacial score (nSPS) is 27.8. The van der Waals surface area contributed by atoms with Crippen LogP contribution in [-0.4, -0.2) is 17.8 Å². The first-order valence-electron chi connectivity index (χ1n) is 12.5. The Bertz CT molecular complexity index is 1110. The van der Waals surface area contributed by atoms with Crippen LogP contribution in [0.15, 0.2) is 93.5 Å². The summed E-state index contributed by atoms with van der Waals surface area (Å²) in [6.45, 7) is 4.23. The Balaban J connectivity index is 1.31. The van der Waals surface area contributed by atoms with Crippen molar-refractivity contribution in [3.8, 4) is 5.75 Å². The van der Waals surface area contributed by atoms with E-state index in [0.717, 1.165) is 17.2 Å². The van der Waals surface area contributed by atoms with Gasteiger partial charge in [0.15, 0.2) is 26.3 Å². The summed E-state index contributed by atoms with van der Waals surface area (Å²) in [5.41, 5.74) is -0.495. The minimum atomic E-state index is -0.495. The van der Waals surface area contributed by atoms with Gasteiger partial charge >= 0.3 is 0 Å². The lowest BCUT2D eigenvalue weighted by atomic mass is 9.70. The van der Waals surface area contributed by atoms with Crippen LogP contribution < -0.4 is 4.74 Å². The van der Waals surface area contributed by atoms with E-state index in [9.17, 15) is 0 Å². The molecule has 6 rings (SSSR count). The molecule has 2 nitrogen and oxygen atoms in total. The summed E-state index contributed by atoms with van der Waals surface area (Å²) >= 11 is 0. The van der Waals surface area contributed by atoms with Gasteiger partial charge in [0.2, 0.25) is 0 Å². The molecular formula is C30H32FO2S+. The molecule has 0 radical (unpaired) electrons. The lowest BCUT2D eigenvalue weighted by Crippen LogP contribution is -2.46. The smallest absolute Gasteiger partial charge is 0.170 e. The number of hydrogen-bond donors (Lipinski definition) is 0. The van der Waals surface area contributed by atoms with E-state index in [1.54, 1.807) is 6.07 Å². The van der Waals surface area contributed by atoms with Crippen molar-refractivity contribution >= 4 is 10.9 Å². The number of halogens is 1. The van der Waals surface area contributed by atoms with Gasteiger partial charge in [-0.3, -0.25) is 0 Å². The van der Waals surface area contributed by atoms with Crippen LogP contribution in [-0.2, 0) is 15.6 Å². The van der Waals surface area contributed by atoms with Gasteiger partial charge in [0.05, 0.1) is 23.1 Å². The molecule has 3 aromatic rings. The maximum absolute atomic E-state index is 15.1. The van der Waals surface area contributed by atoms with Crippen molar-refractivity contribution in [2.75, 3.05) is 0 Å². The van der Waals surface area contributed by atoms with Crippen LogP contribution in [0.2, 0.25) is 0 Å². The maximum Gasteiger partial charge on any atom is 0.170 e. The molecule has 2 aliphatic heterocycles. The number of fused-ring (bicyclic) bond motifs is 5. The molecule has 1 aliphatic carbocycles. The fraction of sp³-hybridized carbons (Fsp3) is 0.400. The highest BCUT2D eigenvalue weighted by atomic mass is 32.2. The molecule has 4 heteroatoms. The Hall–Kier alpha value is -2.30. The zero-order valence-electron chi connectivity index (χ0n) is 19.8. The van der Waals surface area contributed by atoms with Gasteiger partial charge in [-0.2, -0.15) is 0 Å². The Labute approximate surface area is 204 Å². The van der Waals surface area contributed by atoms with Crippen molar-refractivity contribution in [1.29, 1.82) is 0 Å². The van der Waals surface area contributed by atoms with Gasteiger partial charge in [0.25, 0.3) is 0 Å². The van der Waals surface area contributed by atoms with E-state index in [0.29, 0.717) is 23.7 Å². The minimum Gasteiger partial charge on any atom is -0.484 e. The Kier molecular flexibility index (Phi) is 5.69. The van der Waals surface area contributed by atoms with Crippen molar-refractivity contribution in [2.45, 2.75) is 72.0 Å². The van der Waals surface area contributed by atoms with Gasteiger partial charge < -0.3 is 9.47 Å². The molecule has 3 aromatic carbocycles. The first-order chi connectivity index (χ1) is 16.5. The molecule has 5 unspecified atom stereocenters. The third-order valence-corrected chi connectivity index (χ3v) is 10.3. The highest BCUT2D eigenvalue weighted by Gasteiger charge is 2.59. The fourth-order valence-electron chi connectivity index (χ4n) is 6.55. The summed E-state index contributed by atoms with van der Waals surface area (Å²) in [7, 11) is -0.340. The van der Waals surface area contributed by atoms with Crippen LogP contribution in [0.5, 0.6) is 5.75 Å². The highest BCUT2D eigenvalue weighted by molar-refractivity contribution is 7.97. The number of ether oxygens (including phenoxy) is 2. The molecule has 0 amide bonds. The Morgan fingerprint density at radius 1 is 0.853 bits per heavy atom. The zero-order chi connectivity index (χ0) is 23.3. The lowest BCUT2D eigenvalue weighted by Gasteiger charge is -2.39. The van der Waals surface area contributed by atoms with Gasteiger partial charge in [-0.25, -0.2) is 4.39 Å². The molecule has 3 aliphatic rings. The Morgan fingerprint density at radius 2 is 1.50 bits per heavy atom. The summed E-state index contributed by atoms with van der Waals surface area (Å²) in [4.78, 5) is 3.48. The van der Waals surface area contributed by atoms with E-state index >= 15 is 4.39 Å². The molecule has 0 spiro atoms. The van der Waals surface area contributed by atoms with Crippen molar-refractivity contribution in [3.63, 3.8) is 0 Å². The first kappa shape index (κ1) is 22.2. The topological polar surface area (TPSA) is 18.5 Å². The van der Waals surface area contributed by atoms with Crippen LogP contribution in [0.25, 0.3) is 0 Å². The molecular weight excluding hydrogens is 443 g/mol. The summed E-state index contributed by atoms with van der Waals surface area (Å²) in [6, 6.07) is 26.3. The van der Waals surface area contributed by atoms with E-state index in [1.807, 2.05) is 24.3 Å². The molecule has 3 fully saturated rings. The van der Waals surface area contributed by atoms with Gasteiger partial charge in [0.1, 0.15) is 5.60 Å². The lowest BCUT2D eigenvalue weighted by molar-refractivity contribution is -0.0153. The molecule has 0 aromatic heterocycles. The monoisotopic (exact) mass is 475 g/mol. The first-order valence-corrected chi connectivity index (χ1v) is 13.7.